The molecule has 168 valence electrons. The number of carbonyl (C=O) groups is 2. The molecule has 1 N–H and O–H groups in total. The lowest BCUT2D eigenvalue weighted by molar-refractivity contribution is -0.000272. The number of amides is 2. The first-order chi connectivity index (χ1) is 13.9. The lowest BCUT2D eigenvalue weighted by Crippen LogP contribution is -2.51. The van der Waals surface area contributed by atoms with Crippen molar-refractivity contribution in [3.8, 4) is 0 Å². The molecule has 1 unspecified atom stereocenters. The lowest BCUT2D eigenvalue weighted by atomic mass is 10.1. The third-order valence-electron chi connectivity index (χ3n) is 4.34. The number of carbonyl (C=O) groups excluding carboxylic acids is 2. The molecule has 1 atom stereocenters. The minimum Gasteiger partial charge on any atom is -0.443 e. The average Bonchev–Trinajstić information content (AvgIpc) is 2.63. The fourth-order valence-electron chi connectivity index (χ4n) is 2.99. The first-order valence-corrected chi connectivity index (χ1v) is 10.4. The van der Waals surface area contributed by atoms with Crippen LogP contribution in [-0.4, -0.2) is 63.9 Å². The van der Waals surface area contributed by atoms with Crippen molar-refractivity contribution in [2.75, 3.05) is 24.5 Å². The second kappa shape index (κ2) is 9.59. The summed E-state index contributed by atoms with van der Waals surface area (Å²) in [6, 6.07) is 0.338. The zero-order valence-corrected chi connectivity index (χ0v) is 19.2. The van der Waals surface area contributed by atoms with Gasteiger partial charge < -0.3 is 19.7 Å². The Hall–Kier alpha value is -2.42. The zero-order chi connectivity index (χ0) is 22.5. The SMILES string of the molecule is CCC1CNCCN1c1ncc(CN(C(=O)OC(C)(C)C)C(=O)OC(C)(C)C)cn1. The summed E-state index contributed by atoms with van der Waals surface area (Å²) in [7, 11) is 0. The smallest absolute Gasteiger partial charge is 0.420 e. The Morgan fingerprint density at radius 1 is 1.10 bits per heavy atom. The Labute approximate surface area is 179 Å². The van der Waals surface area contributed by atoms with Crippen molar-refractivity contribution in [1.82, 2.24) is 20.2 Å². The third kappa shape index (κ3) is 7.12. The van der Waals surface area contributed by atoms with Crippen molar-refractivity contribution < 1.29 is 19.1 Å². The van der Waals surface area contributed by atoms with Crippen LogP contribution in [0.5, 0.6) is 0 Å². The van der Waals surface area contributed by atoms with Gasteiger partial charge in [-0.25, -0.2) is 24.5 Å². The monoisotopic (exact) mass is 421 g/mol. The van der Waals surface area contributed by atoms with Crippen molar-refractivity contribution in [2.45, 2.75) is 78.7 Å². The number of nitrogens with one attached hydrogen (secondary N) is 1. The fraction of sp³-hybridized carbons (Fsp3) is 0.714. The molecule has 0 aliphatic carbocycles. The van der Waals surface area contributed by atoms with E-state index in [-0.39, 0.29) is 6.54 Å². The minimum absolute atomic E-state index is 0.0388. The van der Waals surface area contributed by atoms with E-state index in [1.54, 1.807) is 53.9 Å². The number of aromatic nitrogens is 2. The number of nitrogens with zero attached hydrogens (tertiary/aromatic N) is 4. The lowest BCUT2D eigenvalue weighted by Gasteiger charge is -2.35. The van der Waals surface area contributed by atoms with Gasteiger partial charge in [0.2, 0.25) is 5.95 Å². The van der Waals surface area contributed by atoms with Gasteiger partial charge in [0.1, 0.15) is 11.2 Å². The molecule has 0 saturated carbocycles. The standard InChI is InChI=1S/C21H35N5O4/c1-8-16-13-22-9-10-25(16)17-23-11-15(12-24-17)14-26(18(27)29-20(2,3)4)19(28)30-21(5,6)7/h11-12,16,22H,8-10,13-14H2,1-7H3. The molecule has 0 aromatic carbocycles. The zero-order valence-electron chi connectivity index (χ0n) is 19.2. The highest BCUT2D eigenvalue weighted by Crippen LogP contribution is 2.19. The molecule has 1 aliphatic rings. The number of hydrogen-bond donors (Lipinski definition) is 1. The number of anilines is 1. The van der Waals surface area contributed by atoms with E-state index in [4.69, 9.17) is 9.47 Å². The Kier molecular flexibility index (Phi) is 7.63. The number of ether oxygens (including phenoxy) is 2. The van der Waals surface area contributed by atoms with E-state index >= 15 is 0 Å². The predicted molar refractivity (Wildman–Crippen MR) is 114 cm³/mol. The molecule has 1 aliphatic heterocycles. The fourth-order valence-corrected chi connectivity index (χ4v) is 2.99. The van der Waals surface area contributed by atoms with Crippen LogP contribution in [0, 0.1) is 0 Å². The molecule has 1 saturated heterocycles. The molecule has 9 heteroatoms. The number of rotatable bonds is 4. The quantitative estimate of drug-likeness (QED) is 0.791. The molecule has 0 spiro atoms. The van der Waals surface area contributed by atoms with Gasteiger partial charge in [-0.15, -0.1) is 0 Å². The van der Waals surface area contributed by atoms with Crippen molar-refractivity contribution in [3.05, 3.63) is 18.0 Å². The molecule has 2 amide bonds. The van der Waals surface area contributed by atoms with Gasteiger partial charge in [-0.3, -0.25) is 0 Å². The Morgan fingerprint density at radius 2 is 1.63 bits per heavy atom. The van der Waals surface area contributed by atoms with Crippen LogP contribution in [0.25, 0.3) is 0 Å². The van der Waals surface area contributed by atoms with Crippen LogP contribution in [0.3, 0.4) is 0 Å². The van der Waals surface area contributed by atoms with Crippen molar-refractivity contribution in [2.24, 2.45) is 0 Å². The van der Waals surface area contributed by atoms with Crippen molar-refractivity contribution in [1.29, 1.82) is 0 Å². The van der Waals surface area contributed by atoms with Gasteiger partial charge in [-0.05, 0) is 48.0 Å². The number of piperazine rings is 1. The van der Waals surface area contributed by atoms with E-state index in [1.807, 2.05) is 0 Å². The summed E-state index contributed by atoms with van der Waals surface area (Å²) in [4.78, 5) is 37.3. The molecule has 2 heterocycles. The van der Waals surface area contributed by atoms with Gasteiger partial charge in [0.05, 0.1) is 6.54 Å². The van der Waals surface area contributed by atoms with Crippen LogP contribution in [0.1, 0.15) is 60.5 Å². The van der Waals surface area contributed by atoms with Gasteiger partial charge in [-0.2, -0.15) is 0 Å². The molecular weight excluding hydrogens is 386 g/mol. The van der Waals surface area contributed by atoms with Crippen LogP contribution >= 0.6 is 0 Å². The van der Waals surface area contributed by atoms with Crippen molar-refractivity contribution in [3.63, 3.8) is 0 Å². The number of hydrogen-bond acceptors (Lipinski definition) is 8. The van der Waals surface area contributed by atoms with Gasteiger partial charge >= 0.3 is 12.2 Å². The molecule has 0 radical (unpaired) electrons. The second-order valence-corrected chi connectivity index (χ2v) is 9.40. The summed E-state index contributed by atoms with van der Waals surface area (Å²) < 4.78 is 10.8. The van der Waals surface area contributed by atoms with Crippen LogP contribution in [0.4, 0.5) is 15.5 Å². The maximum Gasteiger partial charge on any atom is 0.420 e. The van der Waals surface area contributed by atoms with E-state index in [1.165, 1.54) is 0 Å². The van der Waals surface area contributed by atoms with E-state index < -0.39 is 23.4 Å². The van der Waals surface area contributed by atoms with Gasteiger partial charge in [0, 0.05) is 43.6 Å². The minimum atomic E-state index is -0.769. The summed E-state index contributed by atoms with van der Waals surface area (Å²) in [6.07, 6.45) is 2.73. The molecule has 1 fully saturated rings. The van der Waals surface area contributed by atoms with E-state index in [2.05, 4.69) is 27.1 Å². The van der Waals surface area contributed by atoms with Crippen LogP contribution in [0.15, 0.2) is 12.4 Å². The highest BCUT2D eigenvalue weighted by Gasteiger charge is 2.31. The highest BCUT2D eigenvalue weighted by atomic mass is 16.6. The molecule has 1 aromatic heterocycles. The molecule has 0 bridgehead atoms. The van der Waals surface area contributed by atoms with E-state index in [9.17, 15) is 9.59 Å². The molecule has 30 heavy (non-hydrogen) atoms. The first kappa shape index (κ1) is 23.9. The summed E-state index contributed by atoms with van der Waals surface area (Å²) in [5.41, 5.74) is -0.872. The predicted octanol–water partition coefficient (Wildman–Crippen LogP) is 3.34. The average molecular weight is 422 g/mol. The topological polar surface area (TPSA) is 96.9 Å². The van der Waals surface area contributed by atoms with Crippen LogP contribution in [-0.2, 0) is 16.0 Å². The summed E-state index contributed by atoms with van der Waals surface area (Å²) >= 11 is 0. The van der Waals surface area contributed by atoms with Crippen LogP contribution < -0.4 is 10.2 Å². The summed E-state index contributed by atoms with van der Waals surface area (Å²) in [5.74, 6) is 0.646. The maximum absolute atomic E-state index is 12.6. The largest absolute Gasteiger partial charge is 0.443 e. The van der Waals surface area contributed by atoms with Gasteiger partial charge in [-0.1, -0.05) is 6.92 Å². The maximum atomic E-state index is 12.6. The number of imide groups is 1. The second-order valence-electron chi connectivity index (χ2n) is 9.40. The summed E-state index contributed by atoms with van der Waals surface area (Å²) in [5, 5.41) is 3.38. The van der Waals surface area contributed by atoms with Gasteiger partial charge in [0.15, 0.2) is 0 Å². The summed E-state index contributed by atoms with van der Waals surface area (Å²) in [6.45, 7) is 15.2. The molecule has 9 nitrogen and oxygen atoms in total. The van der Waals surface area contributed by atoms with E-state index in [0.717, 1.165) is 31.0 Å². The molecular formula is C21H35N5O4. The molecule has 2 rings (SSSR count). The Morgan fingerprint density at radius 3 is 2.10 bits per heavy atom. The van der Waals surface area contributed by atoms with Crippen molar-refractivity contribution >= 4 is 18.1 Å². The third-order valence-corrected chi connectivity index (χ3v) is 4.34. The van der Waals surface area contributed by atoms with Gasteiger partial charge in [0.25, 0.3) is 0 Å². The first-order valence-electron chi connectivity index (χ1n) is 10.4. The van der Waals surface area contributed by atoms with Crippen LogP contribution in [0.2, 0.25) is 0 Å². The van der Waals surface area contributed by atoms with E-state index in [0.29, 0.717) is 17.6 Å². The Balaban J connectivity index is 2.17. The molecule has 1 aromatic rings. The Bertz CT molecular complexity index is 696. The normalized spacial score (nSPS) is 17.4. The highest BCUT2D eigenvalue weighted by molar-refractivity contribution is 5.88.